The third-order valence-corrected chi connectivity index (χ3v) is 4.18. The van der Waals surface area contributed by atoms with Gasteiger partial charge in [-0.05, 0) is 13.8 Å². The average Bonchev–Trinajstić information content (AvgIpc) is 2.22. The summed E-state index contributed by atoms with van der Waals surface area (Å²) in [5, 5.41) is 0. The van der Waals surface area contributed by atoms with E-state index in [4.69, 9.17) is 9.05 Å². The summed E-state index contributed by atoms with van der Waals surface area (Å²) >= 11 is 0. The predicted molar refractivity (Wildman–Crippen MR) is 62.2 cm³/mol. The second kappa shape index (κ2) is 6.14. The molecule has 1 aromatic rings. The van der Waals surface area contributed by atoms with Crippen molar-refractivity contribution in [3.05, 3.63) is 30.1 Å². The molecule has 0 N–H and O–H groups in total. The van der Waals surface area contributed by atoms with E-state index in [2.05, 4.69) is 0 Å². The molecular formula is C11H19NO3P+. The van der Waals surface area contributed by atoms with Gasteiger partial charge >= 0.3 is 7.60 Å². The third-order valence-electron chi connectivity index (χ3n) is 2.17. The van der Waals surface area contributed by atoms with Crippen LogP contribution in [0.25, 0.3) is 0 Å². The summed E-state index contributed by atoms with van der Waals surface area (Å²) in [5.41, 5.74) is 0.938. The fourth-order valence-corrected chi connectivity index (χ4v) is 3.21. The SMILES string of the molecule is CCOP(=O)(Cc1cccc[n+]1C)OCC. The Morgan fingerprint density at radius 2 is 1.88 bits per heavy atom. The van der Waals surface area contributed by atoms with Gasteiger partial charge in [-0.25, -0.2) is 4.57 Å². The minimum atomic E-state index is -2.99. The summed E-state index contributed by atoms with van der Waals surface area (Å²) < 4.78 is 24.7. The molecule has 4 nitrogen and oxygen atoms in total. The summed E-state index contributed by atoms with van der Waals surface area (Å²) in [6.07, 6.45) is 2.23. The fraction of sp³-hybridized carbons (Fsp3) is 0.545. The van der Waals surface area contributed by atoms with Crippen LogP contribution < -0.4 is 4.57 Å². The molecule has 1 heterocycles. The van der Waals surface area contributed by atoms with Crippen molar-refractivity contribution in [2.75, 3.05) is 13.2 Å². The summed E-state index contributed by atoms with van der Waals surface area (Å²) in [7, 11) is -1.07. The molecule has 0 unspecified atom stereocenters. The highest BCUT2D eigenvalue weighted by Crippen LogP contribution is 2.50. The van der Waals surface area contributed by atoms with Gasteiger partial charge in [0.15, 0.2) is 11.9 Å². The molecule has 5 heteroatoms. The van der Waals surface area contributed by atoms with Crippen molar-refractivity contribution in [1.82, 2.24) is 0 Å². The standard InChI is InChI=1S/C11H19NO3P/c1-4-14-16(13,15-5-2)10-11-8-6-7-9-12(11)3/h6-9H,4-5,10H2,1-3H3/q+1. The molecule has 0 aromatic carbocycles. The van der Waals surface area contributed by atoms with E-state index in [9.17, 15) is 4.57 Å². The van der Waals surface area contributed by atoms with Crippen LogP contribution in [0.1, 0.15) is 19.5 Å². The van der Waals surface area contributed by atoms with Crippen molar-refractivity contribution >= 4 is 7.60 Å². The molecule has 0 radical (unpaired) electrons. The molecule has 1 aromatic heterocycles. The van der Waals surface area contributed by atoms with Crippen molar-refractivity contribution in [3.63, 3.8) is 0 Å². The zero-order chi connectivity index (χ0) is 12.0. The Morgan fingerprint density at radius 1 is 1.25 bits per heavy atom. The Kier molecular flexibility index (Phi) is 5.13. The summed E-state index contributed by atoms with van der Waals surface area (Å²) in [6.45, 7) is 4.43. The first kappa shape index (κ1) is 13.4. The fourth-order valence-electron chi connectivity index (χ4n) is 1.44. The molecule has 0 bridgehead atoms. The Hall–Kier alpha value is -0.700. The normalized spacial score (nSPS) is 11.7. The van der Waals surface area contributed by atoms with Gasteiger partial charge in [-0.15, -0.1) is 0 Å². The summed E-state index contributed by atoms with van der Waals surface area (Å²) in [5.74, 6) is 0. The van der Waals surface area contributed by atoms with Gasteiger partial charge in [0.1, 0.15) is 13.2 Å². The van der Waals surface area contributed by atoms with Gasteiger partial charge in [0.25, 0.3) is 0 Å². The van der Waals surface area contributed by atoms with Gasteiger partial charge in [0, 0.05) is 12.1 Å². The second-order valence-electron chi connectivity index (χ2n) is 3.41. The topological polar surface area (TPSA) is 39.4 Å². The van der Waals surface area contributed by atoms with Crippen LogP contribution in [0.2, 0.25) is 0 Å². The highest BCUT2D eigenvalue weighted by atomic mass is 31.2. The van der Waals surface area contributed by atoms with E-state index < -0.39 is 7.60 Å². The predicted octanol–water partition coefficient (Wildman–Crippen LogP) is 2.28. The minimum absolute atomic E-state index is 0.312. The van der Waals surface area contributed by atoms with Crippen molar-refractivity contribution in [3.8, 4) is 0 Å². The molecule has 90 valence electrons. The maximum Gasteiger partial charge on any atom is 0.341 e. The molecule has 0 spiro atoms. The maximum absolute atomic E-state index is 12.3. The van der Waals surface area contributed by atoms with Gasteiger partial charge in [0.2, 0.25) is 0 Å². The molecule has 0 saturated heterocycles. The van der Waals surface area contributed by atoms with Crippen molar-refractivity contribution < 1.29 is 18.2 Å². The van der Waals surface area contributed by atoms with Crippen LogP contribution in [-0.2, 0) is 26.8 Å². The monoisotopic (exact) mass is 244 g/mol. The van der Waals surface area contributed by atoms with Crippen LogP contribution in [0.5, 0.6) is 0 Å². The van der Waals surface area contributed by atoms with E-state index in [1.807, 2.05) is 49.9 Å². The number of aryl methyl sites for hydroxylation is 1. The number of nitrogens with zero attached hydrogens (tertiary/aromatic N) is 1. The molecule has 0 amide bonds. The van der Waals surface area contributed by atoms with Crippen molar-refractivity contribution in [2.45, 2.75) is 20.0 Å². The molecule has 0 aliphatic heterocycles. The molecule has 0 aliphatic rings. The van der Waals surface area contributed by atoms with Crippen LogP contribution in [-0.4, -0.2) is 13.2 Å². The summed E-state index contributed by atoms with van der Waals surface area (Å²) in [4.78, 5) is 0. The minimum Gasteiger partial charge on any atom is -0.308 e. The Labute approximate surface area is 96.7 Å². The van der Waals surface area contributed by atoms with E-state index >= 15 is 0 Å². The van der Waals surface area contributed by atoms with Crippen LogP contribution in [0, 0.1) is 0 Å². The van der Waals surface area contributed by atoms with E-state index in [1.54, 1.807) is 0 Å². The summed E-state index contributed by atoms with van der Waals surface area (Å²) in [6, 6.07) is 5.76. The Morgan fingerprint density at radius 3 is 2.38 bits per heavy atom. The number of hydrogen-bond donors (Lipinski definition) is 0. The Bertz CT molecular complexity index is 371. The van der Waals surface area contributed by atoms with Crippen LogP contribution in [0.15, 0.2) is 24.4 Å². The van der Waals surface area contributed by atoms with Gasteiger partial charge in [-0.1, -0.05) is 6.07 Å². The first-order valence-corrected chi connectivity index (χ1v) is 7.15. The first-order valence-electron chi connectivity index (χ1n) is 5.43. The number of rotatable bonds is 6. The molecule has 0 fully saturated rings. The highest BCUT2D eigenvalue weighted by Gasteiger charge is 2.27. The quantitative estimate of drug-likeness (QED) is 0.569. The van der Waals surface area contributed by atoms with E-state index in [1.165, 1.54) is 0 Å². The lowest BCUT2D eigenvalue weighted by Gasteiger charge is -2.15. The molecule has 0 saturated carbocycles. The van der Waals surface area contributed by atoms with E-state index in [0.717, 1.165) is 5.69 Å². The Balaban J connectivity index is 2.83. The smallest absolute Gasteiger partial charge is 0.308 e. The van der Waals surface area contributed by atoms with Gasteiger partial charge in [-0.3, -0.25) is 4.57 Å². The molecule has 1 rings (SSSR count). The molecular weight excluding hydrogens is 225 g/mol. The number of pyridine rings is 1. The van der Waals surface area contributed by atoms with Crippen molar-refractivity contribution in [1.29, 1.82) is 0 Å². The zero-order valence-electron chi connectivity index (χ0n) is 10.0. The molecule has 16 heavy (non-hydrogen) atoms. The molecule has 0 atom stereocenters. The first-order chi connectivity index (χ1) is 7.61. The van der Waals surface area contributed by atoms with E-state index in [0.29, 0.717) is 19.4 Å². The molecule has 0 aliphatic carbocycles. The highest BCUT2D eigenvalue weighted by molar-refractivity contribution is 7.53. The van der Waals surface area contributed by atoms with Gasteiger partial charge in [-0.2, -0.15) is 0 Å². The van der Waals surface area contributed by atoms with Crippen LogP contribution in [0.4, 0.5) is 0 Å². The number of hydrogen-bond acceptors (Lipinski definition) is 3. The average molecular weight is 244 g/mol. The second-order valence-corrected chi connectivity index (χ2v) is 5.46. The largest absolute Gasteiger partial charge is 0.341 e. The third kappa shape index (κ3) is 3.71. The van der Waals surface area contributed by atoms with Gasteiger partial charge < -0.3 is 9.05 Å². The van der Waals surface area contributed by atoms with E-state index in [-0.39, 0.29) is 0 Å². The lowest BCUT2D eigenvalue weighted by Crippen LogP contribution is -2.32. The van der Waals surface area contributed by atoms with Gasteiger partial charge in [0.05, 0.1) is 13.2 Å². The zero-order valence-corrected chi connectivity index (χ0v) is 10.9. The maximum atomic E-state index is 12.3. The van der Waals surface area contributed by atoms with Crippen LogP contribution >= 0.6 is 7.60 Å². The van der Waals surface area contributed by atoms with Crippen molar-refractivity contribution in [2.24, 2.45) is 7.05 Å². The lowest BCUT2D eigenvalue weighted by molar-refractivity contribution is -0.678. The lowest BCUT2D eigenvalue weighted by atomic mass is 10.4. The van der Waals surface area contributed by atoms with Crippen LogP contribution in [0.3, 0.4) is 0 Å². The number of aromatic nitrogens is 1.